The second-order valence-corrected chi connectivity index (χ2v) is 7.93. The molecule has 2 aliphatic rings. The summed E-state index contributed by atoms with van der Waals surface area (Å²) in [6.45, 7) is 4.55. The molecule has 0 bridgehead atoms. The monoisotopic (exact) mass is 324 g/mol. The Bertz CT molecular complexity index is 633. The molecule has 132 valence electrons. The highest BCUT2D eigenvalue weighted by Crippen LogP contribution is 2.43. The lowest BCUT2D eigenvalue weighted by Gasteiger charge is -2.39. The van der Waals surface area contributed by atoms with Crippen LogP contribution in [-0.2, 0) is 6.42 Å². The van der Waals surface area contributed by atoms with Crippen molar-refractivity contribution in [2.75, 3.05) is 0 Å². The summed E-state index contributed by atoms with van der Waals surface area (Å²) in [4.78, 5) is 0. The number of benzene rings is 2. The second kappa shape index (κ2) is 8.70. The van der Waals surface area contributed by atoms with Gasteiger partial charge in [-0.3, -0.25) is 0 Å². The molecule has 24 heavy (non-hydrogen) atoms. The van der Waals surface area contributed by atoms with Gasteiger partial charge in [-0.05, 0) is 53.4 Å². The van der Waals surface area contributed by atoms with E-state index in [4.69, 9.17) is 0 Å². The molecule has 0 radical (unpaired) electrons. The van der Waals surface area contributed by atoms with Gasteiger partial charge in [-0.25, -0.2) is 0 Å². The molecule has 0 heterocycles. The highest BCUT2D eigenvalue weighted by molar-refractivity contribution is 5.82. The zero-order valence-electron chi connectivity index (χ0n) is 15.6. The van der Waals surface area contributed by atoms with Gasteiger partial charge < -0.3 is 0 Å². The van der Waals surface area contributed by atoms with Gasteiger partial charge >= 0.3 is 0 Å². The average molecular weight is 325 g/mol. The van der Waals surface area contributed by atoms with Crippen molar-refractivity contribution in [3.05, 3.63) is 48.0 Å². The van der Waals surface area contributed by atoms with Crippen LogP contribution in [-0.4, -0.2) is 0 Å². The fraction of sp³-hybridized carbons (Fsp3) is 0.583. The zero-order chi connectivity index (χ0) is 16.8. The maximum atomic E-state index is 2.37. The van der Waals surface area contributed by atoms with E-state index < -0.39 is 0 Å². The van der Waals surface area contributed by atoms with Crippen LogP contribution in [0, 0.1) is 17.8 Å². The van der Waals surface area contributed by atoms with Gasteiger partial charge in [0.1, 0.15) is 0 Å². The van der Waals surface area contributed by atoms with E-state index >= 15 is 0 Å². The van der Waals surface area contributed by atoms with E-state index in [0.717, 1.165) is 24.2 Å². The van der Waals surface area contributed by atoms with Gasteiger partial charge in [0.15, 0.2) is 0 Å². The smallest absolute Gasteiger partial charge is 0 e. The molecule has 0 spiro atoms. The predicted molar refractivity (Wildman–Crippen MR) is 109 cm³/mol. The summed E-state index contributed by atoms with van der Waals surface area (Å²) in [5.74, 6) is 3.36. The third-order valence-electron chi connectivity index (χ3n) is 6.45. The van der Waals surface area contributed by atoms with Gasteiger partial charge in [0.05, 0.1) is 0 Å². The molecule has 0 amide bonds. The van der Waals surface area contributed by atoms with Gasteiger partial charge in [0.2, 0.25) is 0 Å². The first-order chi connectivity index (χ1) is 11.8. The molecule has 2 aromatic rings. The van der Waals surface area contributed by atoms with Gasteiger partial charge in [-0.2, -0.15) is 0 Å². The number of rotatable bonds is 2. The summed E-state index contributed by atoms with van der Waals surface area (Å²) in [5, 5.41) is 2.67. The normalized spacial score (nSPS) is 26.3. The van der Waals surface area contributed by atoms with Crippen LogP contribution >= 0.6 is 0 Å². The molecule has 2 saturated carbocycles. The highest BCUT2D eigenvalue weighted by Gasteiger charge is 2.31. The SMILES string of the molecule is CCC1CCC2CCCCC2C1.CCc1ccc2ccccc2c1.[HH]. The third kappa shape index (κ3) is 4.41. The molecule has 0 aliphatic heterocycles. The Morgan fingerprint density at radius 1 is 0.833 bits per heavy atom. The minimum atomic E-state index is 0. The quantitative estimate of drug-likeness (QED) is 0.532. The lowest BCUT2D eigenvalue weighted by atomic mass is 9.67. The van der Waals surface area contributed by atoms with Crippen molar-refractivity contribution in [1.82, 2.24) is 0 Å². The average Bonchev–Trinajstić information content (AvgIpc) is 2.67. The van der Waals surface area contributed by atoms with E-state index in [1.807, 2.05) is 0 Å². The molecule has 2 aromatic carbocycles. The van der Waals surface area contributed by atoms with E-state index in [1.54, 1.807) is 25.7 Å². The minimum absolute atomic E-state index is 0. The molecule has 2 aliphatic carbocycles. The number of hydrogen-bond donors (Lipinski definition) is 0. The molecule has 3 atom stereocenters. The first-order valence-corrected chi connectivity index (χ1v) is 10.3. The molecule has 0 nitrogen and oxygen atoms in total. The second-order valence-electron chi connectivity index (χ2n) is 7.93. The first kappa shape index (κ1) is 17.5. The van der Waals surface area contributed by atoms with E-state index in [2.05, 4.69) is 56.3 Å². The summed E-state index contributed by atoms with van der Waals surface area (Å²) in [7, 11) is 0. The Morgan fingerprint density at radius 2 is 1.58 bits per heavy atom. The number of fused-ring (bicyclic) bond motifs is 2. The van der Waals surface area contributed by atoms with Crippen LogP contribution < -0.4 is 0 Å². The van der Waals surface area contributed by atoms with Crippen molar-refractivity contribution in [1.29, 1.82) is 0 Å². The standard InChI is InChI=1S/C12H22.C12H12.H2/c2*1-2-10-7-8-11-5-3-4-6-12(11)9-10;/h10-12H,2-9H2,1H3;3-9H,2H2,1H3;1H. The molecular weight excluding hydrogens is 288 g/mol. The lowest BCUT2D eigenvalue weighted by Crippen LogP contribution is -2.27. The molecule has 0 saturated heterocycles. The van der Waals surface area contributed by atoms with E-state index in [-0.39, 0.29) is 1.43 Å². The van der Waals surface area contributed by atoms with Crippen molar-refractivity contribution in [3.8, 4) is 0 Å². The van der Waals surface area contributed by atoms with Crippen molar-refractivity contribution in [2.45, 2.75) is 71.6 Å². The summed E-state index contributed by atoms with van der Waals surface area (Å²) >= 11 is 0. The van der Waals surface area contributed by atoms with Gasteiger partial charge in [0.25, 0.3) is 0 Å². The lowest BCUT2D eigenvalue weighted by molar-refractivity contribution is 0.128. The van der Waals surface area contributed by atoms with Crippen LogP contribution in [0.5, 0.6) is 0 Å². The summed E-state index contributed by atoms with van der Waals surface area (Å²) in [5.41, 5.74) is 1.41. The highest BCUT2D eigenvalue weighted by atomic mass is 14.4. The fourth-order valence-corrected chi connectivity index (χ4v) is 4.80. The summed E-state index contributed by atoms with van der Waals surface area (Å²) < 4.78 is 0. The largest absolute Gasteiger partial charge is 0.0651 e. The Morgan fingerprint density at radius 3 is 2.33 bits per heavy atom. The molecule has 0 N–H and O–H groups in total. The molecular formula is C24H36. The predicted octanol–water partition coefficient (Wildman–Crippen LogP) is 7.65. The third-order valence-corrected chi connectivity index (χ3v) is 6.45. The van der Waals surface area contributed by atoms with Crippen molar-refractivity contribution in [3.63, 3.8) is 0 Å². The molecule has 0 aromatic heterocycles. The zero-order valence-corrected chi connectivity index (χ0v) is 15.6. The van der Waals surface area contributed by atoms with E-state index in [0.29, 0.717) is 0 Å². The van der Waals surface area contributed by atoms with E-state index in [1.165, 1.54) is 42.0 Å². The topological polar surface area (TPSA) is 0 Å². The van der Waals surface area contributed by atoms with Crippen LogP contribution in [0.1, 0.15) is 72.2 Å². The first-order valence-electron chi connectivity index (χ1n) is 10.3. The van der Waals surface area contributed by atoms with Crippen LogP contribution in [0.4, 0.5) is 0 Å². The van der Waals surface area contributed by atoms with Crippen molar-refractivity contribution < 1.29 is 1.43 Å². The molecule has 0 heteroatoms. The van der Waals surface area contributed by atoms with E-state index in [9.17, 15) is 0 Å². The van der Waals surface area contributed by atoms with Gasteiger partial charge in [0, 0.05) is 1.43 Å². The Balaban J connectivity index is 0.000000173. The summed E-state index contributed by atoms with van der Waals surface area (Å²) in [6.07, 6.45) is 13.4. The van der Waals surface area contributed by atoms with Gasteiger partial charge in [-0.1, -0.05) is 94.8 Å². The van der Waals surface area contributed by atoms with Crippen LogP contribution in [0.25, 0.3) is 10.8 Å². The summed E-state index contributed by atoms with van der Waals surface area (Å²) in [6, 6.07) is 15.1. The van der Waals surface area contributed by atoms with Gasteiger partial charge in [-0.15, -0.1) is 0 Å². The Labute approximate surface area is 150 Å². The maximum Gasteiger partial charge on any atom is 0 e. The number of aryl methyl sites for hydroxylation is 1. The van der Waals surface area contributed by atoms with Crippen LogP contribution in [0.2, 0.25) is 0 Å². The van der Waals surface area contributed by atoms with Crippen LogP contribution in [0.15, 0.2) is 42.5 Å². The minimum Gasteiger partial charge on any atom is -0.0651 e. The van der Waals surface area contributed by atoms with Crippen LogP contribution in [0.3, 0.4) is 0 Å². The maximum absolute atomic E-state index is 2.37. The molecule has 2 fully saturated rings. The Kier molecular flexibility index (Phi) is 6.35. The van der Waals surface area contributed by atoms with Crippen molar-refractivity contribution >= 4 is 10.8 Å². The molecule has 3 unspecified atom stereocenters. The Hall–Kier alpha value is -1.30. The van der Waals surface area contributed by atoms with Crippen molar-refractivity contribution in [2.24, 2.45) is 17.8 Å². The fourth-order valence-electron chi connectivity index (χ4n) is 4.80. The number of hydrogen-bond acceptors (Lipinski definition) is 0. The molecule has 4 rings (SSSR count).